The molecule has 2 aromatic heterocycles. The highest BCUT2D eigenvalue weighted by Crippen LogP contribution is 2.46. The Bertz CT molecular complexity index is 1410. The number of aryl methyl sites for hydroxylation is 1. The fraction of sp³-hybridized carbons (Fsp3) is 0.290. The van der Waals surface area contributed by atoms with Crippen molar-refractivity contribution in [2.75, 3.05) is 30.0 Å². The van der Waals surface area contributed by atoms with E-state index in [1.54, 1.807) is 7.11 Å². The minimum atomic E-state index is -0.118. The number of thiocarbonyl (C=S) groups is 1. The lowest BCUT2D eigenvalue weighted by atomic mass is 9.96. The molecule has 2 aromatic carbocycles. The molecule has 1 N–H and O–H groups in total. The minimum absolute atomic E-state index is 0.108. The highest BCUT2D eigenvalue weighted by atomic mass is 32.1. The van der Waals surface area contributed by atoms with Crippen LogP contribution < -0.4 is 19.9 Å². The number of aromatic nitrogens is 2. The summed E-state index contributed by atoms with van der Waals surface area (Å²) in [6, 6.07) is 25.0. The molecule has 0 saturated carbocycles. The number of anilines is 2. The van der Waals surface area contributed by atoms with Gasteiger partial charge in [0.15, 0.2) is 5.11 Å². The summed E-state index contributed by atoms with van der Waals surface area (Å²) in [4.78, 5) is 9.25. The lowest BCUT2D eigenvalue weighted by molar-refractivity contribution is 0.414. The molecule has 0 bridgehead atoms. The van der Waals surface area contributed by atoms with Crippen molar-refractivity contribution in [3.05, 3.63) is 102 Å². The number of rotatable bonds is 8. The van der Waals surface area contributed by atoms with Gasteiger partial charge in [-0.25, -0.2) is 0 Å². The first-order valence-electron chi connectivity index (χ1n) is 13.2. The normalized spacial score (nSPS) is 17.0. The second-order valence-corrected chi connectivity index (χ2v) is 9.91. The first kappa shape index (κ1) is 25.8. The third-order valence-corrected chi connectivity index (χ3v) is 7.78. The topological polar surface area (TPSA) is 45.6 Å². The molecule has 0 aliphatic carbocycles. The van der Waals surface area contributed by atoms with Gasteiger partial charge in [-0.1, -0.05) is 18.2 Å². The fourth-order valence-corrected chi connectivity index (χ4v) is 5.98. The van der Waals surface area contributed by atoms with Crippen LogP contribution in [-0.2, 0) is 0 Å². The van der Waals surface area contributed by atoms with E-state index >= 15 is 0 Å². The fourth-order valence-electron chi connectivity index (χ4n) is 5.64. The predicted molar refractivity (Wildman–Crippen MR) is 160 cm³/mol. The van der Waals surface area contributed by atoms with Crippen molar-refractivity contribution < 1.29 is 4.74 Å². The molecule has 0 spiro atoms. The molecule has 5 rings (SSSR count). The summed E-state index contributed by atoms with van der Waals surface area (Å²) in [6.45, 7) is 10.7. The van der Waals surface area contributed by atoms with Crippen molar-refractivity contribution >= 4 is 28.7 Å². The van der Waals surface area contributed by atoms with Crippen molar-refractivity contribution in [3.8, 4) is 11.4 Å². The molecule has 3 heterocycles. The molecule has 0 amide bonds. The van der Waals surface area contributed by atoms with Crippen LogP contribution in [0.4, 0.5) is 11.4 Å². The number of methoxy groups -OCH3 is 1. The summed E-state index contributed by atoms with van der Waals surface area (Å²) in [5, 5.41) is 4.23. The summed E-state index contributed by atoms with van der Waals surface area (Å²) in [7, 11) is 1.70. The number of pyridine rings is 1. The maximum absolute atomic E-state index is 5.94. The Morgan fingerprint density at radius 3 is 2.34 bits per heavy atom. The van der Waals surface area contributed by atoms with Gasteiger partial charge in [-0.3, -0.25) is 4.98 Å². The van der Waals surface area contributed by atoms with Crippen LogP contribution in [0.25, 0.3) is 5.69 Å². The van der Waals surface area contributed by atoms with E-state index in [0.29, 0.717) is 5.11 Å². The average molecular weight is 526 g/mol. The van der Waals surface area contributed by atoms with E-state index in [1.165, 1.54) is 22.6 Å². The van der Waals surface area contributed by atoms with E-state index in [9.17, 15) is 0 Å². The van der Waals surface area contributed by atoms with Gasteiger partial charge in [0.25, 0.3) is 0 Å². The van der Waals surface area contributed by atoms with Crippen LogP contribution >= 0.6 is 12.2 Å². The molecular weight excluding hydrogens is 490 g/mol. The van der Waals surface area contributed by atoms with E-state index in [4.69, 9.17) is 21.9 Å². The van der Waals surface area contributed by atoms with Crippen LogP contribution in [0.1, 0.15) is 48.6 Å². The average Bonchev–Trinajstić information content (AvgIpc) is 3.44. The zero-order chi connectivity index (χ0) is 26.8. The molecule has 38 heavy (non-hydrogen) atoms. The predicted octanol–water partition coefficient (Wildman–Crippen LogP) is 6.52. The van der Waals surface area contributed by atoms with Gasteiger partial charge in [-0.15, -0.1) is 0 Å². The lowest BCUT2D eigenvalue weighted by Crippen LogP contribution is -2.30. The van der Waals surface area contributed by atoms with Gasteiger partial charge in [0.2, 0.25) is 0 Å². The standard InChI is InChI=1S/C31H35N5OS/c1-6-34(7-2)23-15-17-24(18-16-23)35-21(3)20-25(22(35)4)30-29(26-12-10-11-19-32-26)33-31(38)36(30)27-13-8-9-14-28(27)37-5/h8-20,29-30H,6-7H2,1-5H3,(H,33,38). The molecule has 1 saturated heterocycles. The van der Waals surface area contributed by atoms with Crippen LogP contribution in [0.3, 0.4) is 0 Å². The van der Waals surface area contributed by atoms with E-state index < -0.39 is 0 Å². The van der Waals surface area contributed by atoms with Gasteiger partial charge in [-0.2, -0.15) is 0 Å². The second-order valence-electron chi connectivity index (χ2n) is 9.52. The van der Waals surface area contributed by atoms with E-state index in [-0.39, 0.29) is 12.1 Å². The molecule has 4 aromatic rings. The molecular formula is C31H35N5OS. The third kappa shape index (κ3) is 4.52. The van der Waals surface area contributed by atoms with Crippen LogP contribution in [0.2, 0.25) is 0 Å². The van der Waals surface area contributed by atoms with Crippen LogP contribution in [0, 0.1) is 13.8 Å². The number of para-hydroxylation sites is 2. The van der Waals surface area contributed by atoms with E-state index in [2.05, 4.69) is 89.8 Å². The van der Waals surface area contributed by atoms with Crippen LogP contribution in [0.5, 0.6) is 5.75 Å². The number of benzene rings is 2. The minimum Gasteiger partial charge on any atom is -0.495 e. The van der Waals surface area contributed by atoms with Gasteiger partial charge in [-0.05, 0) is 100 Å². The highest BCUT2D eigenvalue weighted by Gasteiger charge is 2.43. The molecule has 6 nitrogen and oxygen atoms in total. The Labute approximate surface area is 230 Å². The molecule has 2 unspecified atom stereocenters. The molecule has 2 atom stereocenters. The molecule has 1 aliphatic rings. The van der Waals surface area contributed by atoms with E-state index in [1.807, 2.05) is 36.5 Å². The monoisotopic (exact) mass is 525 g/mol. The maximum atomic E-state index is 5.94. The lowest BCUT2D eigenvalue weighted by Gasteiger charge is -2.29. The highest BCUT2D eigenvalue weighted by molar-refractivity contribution is 7.80. The second kappa shape index (κ2) is 10.9. The van der Waals surface area contributed by atoms with Crippen molar-refractivity contribution in [1.29, 1.82) is 0 Å². The number of hydrogen-bond acceptors (Lipinski definition) is 4. The van der Waals surface area contributed by atoms with Crippen LogP contribution in [-0.4, -0.2) is 34.9 Å². The number of nitrogens with zero attached hydrogens (tertiary/aromatic N) is 4. The third-order valence-electron chi connectivity index (χ3n) is 7.47. The maximum Gasteiger partial charge on any atom is 0.174 e. The zero-order valence-corrected chi connectivity index (χ0v) is 23.5. The largest absolute Gasteiger partial charge is 0.495 e. The van der Waals surface area contributed by atoms with Gasteiger partial charge >= 0.3 is 0 Å². The Morgan fingerprint density at radius 1 is 0.974 bits per heavy atom. The van der Waals surface area contributed by atoms with Gasteiger partial charge in [0, 0.05) is 42.0 Å². The quantitative estimate of drug-likeness (QED) is 0.264. The molecule has 1 fully saturated rings. The Balaban J connectivity index is 1.63. The Kier molecular flexibility index (Phi) is 7.38. The Morgan fingerprint density at radius 2 is 1.68 bits per heavy atom. The smallest absolute Gasteiger partial charge is 0.174 e. The van der Waals surface area contributed by atoms with Crippen molar-refractivity contribution in [2.24, 2.45) is 0 Å². The summed E-state index contributed by atoms with van der Waals surface area (Å²) < 4.78 is 8.09. The van der Waals surface area contributed by atoms with Gasteiger partial charge in [0.05, 0.1) is 30.6 Å². The molecule has 7 heteroatoms. The van der Waals surface area contributed by atoms with E-state index in [0.717, 1.165) is 35.9 Å². The van der Waals surface area contributed by atoms with Crippen molar-refractivity contribution in [1.82, 2.24) is 14.9 Å². The van der Waals surface area contributed by atoms with Crippen LogP contribution in [0.15, 0.2) is 79.0 Å². The van der Waals surface area contributed by atoms with Gasteiger partial charge in [0.1, 0.15) is 5.75 Å². The number of hydrogen-bond donors (Lipinski definition) is 1. The number of nitrogens with one attached hydrogen (secondary N) is 1. The number of ether oxygens (including phenoxy) is 1. The summed E-state index contributed by atoms with van der Waals surface area (Å²) in [5.74, 6) is 0.782. The first-order valence-corrected chi connectivity index (χ1v) is 13.6. The summed E-state index contributed by atoms with van der Waals surface area (Å²) in [6.07, 6.45) is 1.84. The SMILES string of the molecule is CCN(CC)c1ccc(-n2c(C)cc(C3C(c4ccccn4)NC(=S)N3c3ccccc3OC)c2C)cc1. The van der Waals surface area contributed by atoms with Gasteiger partial charge < -0.3 is 24.4 Å². The summed E-state index contributed by atoms with van der Waals surface area (Å²) >= 11 is 5.94. The zero-order valence-electron chi connectivity index (χ0n) is 22.7. The summed E-state index contributed by atoms with van der Waals surface area (Å²) in [5.41, 5.74) is 7.82. The molecule has 196 valence electrons. The first-order chi connectivity index (χ1) is 18.5. The Hall–Kier alpha value is -3.84. The molecule has 1 aliphatic heterocycles. The van der Waals surface area contributed by atoms with Crippen molar-refractivity contribution in [3.63, 3.8) is 0 Å². The molecule has 0 radical (unpaired) electrons. The van der Waals surface area contributed by atoms with Crippen molar-refractivity contribution in [2.45, 2.75) is 39.8 Å².